The third-order valence-corrected chi connectivity index (χ3v) is 2.93. The number of carbonyl (C=O) groups excluding carboxylic acids is 1. The SMILES string of the molecule is Cl.NCC(=O)Nc1ccc(OC2CCCC2)cc1. The largest absolute Gasteiger partial charge is 0.490 e. The molecule has 1 amide bonds. The fourth-order valence-electron chi connectivity index (χ4n) is 2.03. The van der Waals surface area contributed by atoms with Gasteiger partial charge in [-0.05, 0) is 49.9 Å². The summed E-state index contributed by atoms with van der Waals surface area (Å²) in [4.78, 5) is 11.1. The molecule has 0 spiro atoms. The minimum absolute atomic E-state index is 0. The highest BCUT2D eigenvalue weighted by molar-refractivity contribution is 5.92. The first kappa shape index (κ1) is 14.8. The molecule has 0 atom stereocenters. The second kappa shape index (κ2) is 7.24. The molecule has 1 saturated carbocycles. The van der Waals surface area contributed by atoms with Crippen LogP contribution in [0.25, 0.3) is 0 Å². The van der Waals surface area contributed by atoms with Crippen LogP contribution in [0.4, 0.5) is 5.69 Å². The Bertz CT molecular complexity index is 375. The molecule has 2 rings (SSSR count). The van der Waals surface area contributed by atoms with Crippen molar-refractivity contribution in [1.29, 1.82) is 0 Å². The number of halogens is 1. The lowest BCUT2D eigenvalue weighted by atomic mass is 10.2. The predicted octanol–water partition coefficient (Wildman–Crippen LogP) is 2.33. The van der Waals surface area contributed by atoms with Crippen molar-refractivity contribution in [2.45, 2.75) is 31.8 Å². The van der Waals surface area contributed by atoms with E-state index in [2.05, 4.69) is 5.32 Å². The first-order chi connectivity index (χ1) is 8.28. The monoisotopic (exact) mass is 270 g/mol. The summed E-state index contributed by atoms with van der Waals surface area (Å²) in [7, 11) is 0. The number of anilines is 1. The zero-order valence-corrected chi connectivity index (χ0v) is 11.0. The lowest BCUT2D eigenvalue weighted by Gasteiger charge is -2.13. The Kier molecular flexibility index (Phi) is 5.95. The average molecular weight is 271 g/mol. The maximum atomic E-state index is 11.1. The molecule has 0 aromatic heterocycles. The molecule has 1 aromatic rings. The van der Waals surface area contributed by atoms with E-state index in [9.17, 15) is 4.79 Å². The predicted molar refractivity (Wildman–Crippen MR) is 74.3 cm³/mol. The molecule has 1 aliphatic carbocycles. The van der Waals surface area contributed by atoms with E-state index in [0.29, 0.717) is 6.10 Å². The Morgan fingerprint density at radius 3 is 2.44 bits per heavy atom. The summed E-state index contributed by atoms with van der Waals surface area (Å²) in [6.07, 6.45) is 5.17. The minimum Gasteiger partial charge on any atom is -0.490 e. The Labute approximate surface area is 113 Å². The average Bonchev–Trinajstić information content (AvgIpc) is 2.84. The summed E-state index contributed by atoms with van der Waals surface area (Å²) in [6, 6.07) is 7.42. The molecule has 1 fully saturated rings. The third kappa shape index (κ3) is 4.20. The highest BCUT2D eigenvalue weighted by atomic mass is 35.5. The Balaban J connectivity index is 0.00000162. The van der Waals surface area contributed by atoms with Crippen molar-refractivity contribution in [2.75, 3.05) is 11.9 Å². The molecular formula is C13H19ClN2O2. The molecule has 1 aliphatic rings. The van der Waals surface area contributed by atoms with Crippen molar-refractivity contribution >= 4 is 24.0 Å². The number of ether oxygens (including phenoxy) is 1. The lowest BCUT2D eigenvalue weighted by molar-refractivity contribution is -0.114. The van der Waals surface area contributed by atoms with Crippen molar-refractivity contribution in [1.82, 2.24) is 0 Å². The number of benzene rings is 1. The van der Waals surface area contributed by atoms with Gasteiger partial charge in [-0.2, -0.15) is 0 Å². The van der Waals surface area contributed by atoms with Gasteiger partial charge in [-0.25, -0.2) is 0 Å². The summed E-state index contributed by atoms with van der Waals surface area (Å²) in [5.74, 6) is 0.678. The molecule has 0 aliphatic heterocycles. The lowest BCUT2D eigenvalue weighted by Crippen LogP contribution is -2.21. The molecule has 100 valence electrons. The van der Waals surface area contributed by atoms with Crippen LogP contribution in [0.1, 0.15) is 25.7 Å². The van der Waals surface area contributed by atoms with Gasteiger partial charge in [0, 0.05) is 5.69 Å². The summed E-state index contributed by atoms with van der Waals surface area (Å²) in [6.45, 7) is 0.000323. The zero-order valence-electron chi connectivity index (χ0n) is 10.2. The van der Waals surface area contributed by atoms with Crippen LogP contribution in [0.3, 0.4) is 0 Å². The van der Waals surface area contributed by atoms with E-state index >= 15 is 0 Å². The fourth-order valence-corrected chi connectivity index (χ4v) is 2.03. The fraction of sp³-hybridized carbons (Fsp3) is 0.462. The molecule has 0 radical (unpaired) electrons. The van der Waals surface area contributed by atoms with E-state index in [0.717, 1.165) is 24.3 Å². The van der Waals surface area contributed by atoms with Crippen molar-refractivity contribution in [3.8, 4) is 5.75 Å². The van der Waals surface area contributed by atoms with E-state index < -0.39 is 0 Å². The van der Waals surface area contributed by atoms with Gasteiger partial charge in [-0.1, -0.05) is 0 Å². The quantitative estimate of drug-likeness (QED) is 0.883. The molecule has 3 N–H and O–H groups in total. The van der Waals surface area contributed by atoms with Gasteiger partial charge >= 0.3 is 0 Å². The number of hydrogen-bond acceptors (Lipinski definition) is 3. The van der Waals surface area contributed by atoms with Gasteiger partial charge in [0.1, 0.15) is 5.75 Å². The summed E-state index contributed by atoms with van der Waals surface area (Å²) in [5, 5.41) is 2.69. The van der Waals surface area contributed by atoms with Crippen LogP contribution in [-0.2, 0) is 4.79 Å². The summed E-state index contributed by atoms with van der Waals surface area (Å²) >= 11 is 0. The first-order valence-electron chi connectivity index (χ1n) is 6.04. The van der Waals surface area contributed by atoms with Crippen LogP contribution in [0.5, 0.6) is 5.75 Å². The molecule has 0 heterocycles. The maximum Gasteiger partial charge on any atom is 0.238 e. The van der Waals surface area contributed by atoms with Gasteiger partial charge in [-0.15, -0.1) is 12.4 Å². The van der Waals surface area contributed by atoms with E-state index in [1.165, 1.54) is 12.8 Å². The normalized spacial score (nSPS) is 14.9. The smallest absolute Gasteiger partial charge is 0.238 e. The Hall–Kier alpha value is -1.26. The number of hydrogen-bond donors (Lipinski definition) is 2. The van der Waals surface area contributed by atoms with E-state index in [4.69, 9.17) is 10.5 Å². The van der Waals surface area contributed by atoms with Crippen molar-refractivity contribution < 1.29 is 9.53 Å². The van der Waals surface area contributed by atoms with Crippen molar-refractivity contribution in [2.24, 2.45) is 5.73 Å². The molecule has 1 aromatic carbocycles. The van der Waals surface area contributed by atoms with Gasteiger partial charge in [0.2, 0.25) is 5.91 Å². The standard InChI is InChI=1S/C13H18N2O2.ClH/c14-9-13(16)15-10-5-7-12(8-6-10)17-11-3-1-2-4-11;/h5-8,11H,1-4,9,14H2,(H,15,16);1H. The first-order valence-corrected chi connectivity index (χ1v) is 6.04. The molecule has 0 bridgehead atoms. The summed E-state index contributed by atoms with van der Waals surface area (Å²) in [5.41, 5.74) is 5.97. The van der Waals surface area contributed by atoms with Crippen LogP contribution in [0.2, 0.25) is 0 Å². The van der Waals surface area contributed by atoms with Crippen LogP contribution in [0.15, 0.2) is 24.3 Å². The molecule has 18 heavy (non-hydrogen) atoms. The number of nitrogens with one attached hydrogen (secondary N) is 1. The number of carbonyl (C=O) groups is 1. The van der Waals surface area contributed by atoms with Crippen LogP contribution < -0.4 is 15.8 Å². The van der Waals surface area contributed by atoms with Gasteiger partial charge in [-0.3, -0.25) is 4.79 Å². The van der Waals surface area contributed by atoms with E-state index in [1.54, 1.807) is 0 Å². The van der Waals surface area contributed by atoms with Gasteiger partial charge in [0.15, 0.2) is 0 Å². The summed E-state index contributed by atoms with van der Waals surface area (Å²) < 4.78 is 5.82. The Morgan fingerprint density at radius 1 is 1.28 bits per heavy atom. The van der Waals surface area contributed by atoms with Crippen LogP contribution in [0, 0.1) is 0 Å². The van der Waals surface area contributed by atoms with Gasteiger partial charge in [0.25, 0.3) is 0 Å². The second-order valence-corrected chi connectivity index (χ2v) is 4.30. The van der Waals surface area contributed by atoms with Gasteiger partial charge in [0.05, 0.1) is 12.6 Å². The third-order valence-electron chi connectivity index (χ3n) is 2.93. The zero-order chi connectivity index (χ0) is 12.1. The molecule has 0 saturated heterocycles. The highest BCUT2D eigenvalue weighted by Gasteiger charge is 2.16. The van der Waals surface area contributed by atoms with E-state index in [1.807, 2.05) is 24.3 Å². The second-order valence-electron chi connectivity index (χ2n) is 4.30. The van der Waals surface area contributed by atoms with E-state index in [-0.39, 0.29) is 24.9 Å². The highest BCUT2D eigenvalue weighted by Crippen LogP contribution is 2.24. The van der Waals surface area contributed by atoms with Crippen molar-refractivity contribution in [3.63, 3.8) is 0 Å². The van der Waals surface area contributed by atoms with Gasteiger partial charge < -0.3 is 15.8 Å². The van der Waals surface area contributed by atoms with Crippen LogP contribution in [-0.4, -0.2) is 18.6 Å². The topological polar surface area (TPSA) is 64.4 Å². The maximum absolute atomic E-state index is 11.1. The molecule has 4 nitrogen and oxygen atoms in total. The molecule has 5 heteroatoms. The van der Waals surface area contributed by atoms with Crippen LogP contribution >= 0.6 is 12.4 Å². The molecular weight excluding hydrogens is 252 g/mol. The Morgan fingerprint density at radius 2 is 1.89 bits per heavy atom. The molecule has 0 unspecified atom stereocenters. The van der Waals surface area contributed by atoms with Crippen molar-refractivity contribution in [3.05, 3.63) is 24.3 Å². The number of amides is 1. The number of rotatable bonds is 4. The number of nitrogens with two attached hydrogens (primary N) is 1. The minimum atomic E-state index is -0.186.